The SMILES string of the molecule is C=Cc1cccc([N+](=O)[O-])n1. The van der Waals surface area contributed by atoms with E-state index in [0.29, 0.717) is 5.69 Å². The quantitative estimate of drug-likeness (QED) is 0.475. The van der Waals surface area contributed by atoms with Gasteiger partial charge in [-0.15, -0.1) is 0 Å². The van der Waals surface area contributed by atoms with Crippen molar-refractivity contribution >= 4 is 11.9 Å². The predicted molar refractivity (Wildman–Crippen MR) is 41.0 cm³/mol. The summed E-state index contributed by atoms with van der Waals surface area (Å²) in [5, 5.41) is 10.2. The first-order valence-corrected chi connectivity index (χ1v) is 2.98. The lowest BCUT2D eigenvalue weighted by atomic mass is 10.3. The first-order valence-electron chi connectivity index (χ1n) is 2.98. The summed E-state index contributed by atoms with van der Waals surface area (Å²) in [6.45, 7) is 3.45. The summed E-state index contributed by atoms with van der Waals surface area (Å²) in [6.07, 6.45) is 1.47. The minimum Gasteiger partial charge on any atom is -0.358 e. The smallest absolute Gasteiger partial charge is 0.358 e. The molecular formula is C7H6N2O2. The number of nitrogens with zero attached hydrogens (tertiary/aromatic N) is 2. The fraction of sp³-hybridized carbons (Fsp3) is 0. The normalized spacial score (nSPS) is 9.09. The van der Waals surface area contributed by atoms with Crippen molar-refractivity contribution in [1.82, 2.24) is 4.98 Å². The van der Waals surface area contributed by atoms with Crippen LogP contribution in [-0.2, 0) is 0 Å². The predicted octanol–water partition coefficient (Wildman–Crippen LogP) is 1.63. The molecule has 0 aliphatic heterocycles. The molecule has 56 valence electrons. The molecule has 0 spiro atoms. The first-order chi connectivity index (χ1) is 5.24. The number of aromatic nitrogens is 1. The van der Waals surface area contributed by atoms with Gasteiger partial charge in [-0.3, -0.25) is 0 Å². The minimum absolute atomic E-state index is 0.151. The Kier molecular flexibility index (Phi) is 1.96. The summed E-state index contributed by atoms with van der Waals surface area (Å²) in [5.41, 5.74) is 0.513. The van der Waals surface area contributed by atoms with E-state index in [1.165, 1.54) is 12.1 Å². The van der Waals surface area contributed by atoms with Crippen LogP contribution in [0.15, 0.2) is 24.8 Å². The topological polar surface area (TPSA) is 56.0 Å². The molecule has 1 aromatic rings. The Balaban J connectivity index is 3.10. The molecule has 1 rings (SSSR count). The highest BCUT2D eigenvalue weighted by Crippen LogP contribution is 2.07. The summed E-state index contributed by atoms with van der Waals surface area (Å²) in [4.78, 5) is 13.3. The van der Waals surface area contributed by atoms with Crippen LogP contribution in [0.25, 0.3) is 6.08 Å². The molecule has 1 aromatic heterocycles. The number of rotatable bonds is 2. The van der Waals surface area contributed by atoms with Gasteiger partial charge >= 0.3 is 5.82 Å². The summed E-state index contributed by atoms with van der Waals surface area (Å²) in [5.74, 6) is -0.151. The van der Waals surface area contributed by atoms with Gasteiger partial charge in [-0.05, 0) is 28.1 Å². The Morgan fingerprint density at radius 2 is 2.36 bits per heavy atom. The molecule has 0 aromatic carbocycles. The molecule has 0 aliphatic rings. The van der Waals surface area contributed by atoms with Crippen molar-refractivity contribution in [3.63, 3.8) is 0 Å². The second-order valence-corrected chi connectivity index (χ2v) is 1.88. The monoisotopic (exact) mass is 150 g/mol. The van der Waals surface area contributed by atoms with Gasteiger partial charge in [0.05, 0.1) is 0 Å². The van der Waals surface area contributed by atoms with E-state index in [-0.39, 0.29) is 5.82 Å². The summed E-state index contributed by atoms with van der Waals surface area (Å²) in [7, 11) is 0. The van der Waals surface area contributed by atoms with Gasteiger partial charge in [0.15, 0.2) is 5.69 Å². The minimum atomic E-state index is -0.535. The highest BCUT2D eigenvalue weighted by molar-refractivity contribution is 5.43. The van der Waals surface area contributed by atoms with Crippen LogP contribution in [0.5, 0.6) is 0 Å². The average Bonchev–Trinajstić information content (AvgIpc) is 2.05. The van der Waals surface area contributed by atoms with Gasteiger partial charge in [0.1, 0.15) is 0 Å². The van der Waals surface area contributed by atoms with Crippen LogP contribution in [0.3, 0.4) is 0 Å². The maximum atomic E-state index is 10.2. The van der Waals surface area contributed by atoms with E-state index in [1.807, 2.05) is 0 Å². The average molecular weight is 150 g/mol. The Hall–Kier alpha value is -1.71. The van der Waals surface area contributed by atoms with Gasteiger partial charge in [-0.25, -0.2) is 0 Å². The van der Waals surface area contributed by atoms with Crippen LogP contribution in [0.2, 0.25) is 0 Å². The van der Waals surface area contributed by atoms with E-state index in [1.54, 1.807) is 12.1 Å². The Bertz CT molecular complexity index is 296. The Labute approximate surface area is 63.3 Å². The van der Waals surface area contributed by atoms with E-state index in [4.69, 9.17) is 0 Å². The number of hydrogen-bond donors (Lipinski definition) is 0. The first kappa shape index (κ1) is 7.40. The molecule has 1 heterocycles. The molecule has 0 N–H and O–H groups in total. The van der Waals surface area contributed by atoms with Crippen molar-refractivity contribution in [2.75, 3.05) is 0 Å². The zero-order valence-electron chi connectivity index (χ0n) is 5.73. The molecule has 0 radical (unpaired) electrons. The molecule has 0 fully saturated rings. The molecule has 0 saturated carbocycles. The van der Waals surface area contributed by atoms with Gasteiger partial charge < -0.3 is 10.1 Å². The molecule has 11 heavy (non-hydrogen) atoms. The van der Waals surface area contributed by atoms with Crippen molar-refractivity contribution in [2.45, 2.75) is 0 Å². The molecule has 0 amide bonds. The fourth-order valence-corrected chi connectivity index (χ4v) is 0.655. The summed E-state index contributed by atoms with van der Waals surface area (Å²) < 4.78 is 0. The Morgan fingerprint density at radius 3 is 2.91 bits per heavy atom. The maximum absolute atomic E-state index is 10.2. The van der Waals surface area contributed by atoms with Gasteiger partial charge in [0, 0.05) is 6.07 Å². The third kappa shape index (κ3) is 1.61. The van der Waals surface area contributed by atoms with Gasteiger partial charge in [0.2, 0.25) is 0 Å². The summed E-state index contributed by atoms with van der Waals surface area (Å²) in [6, 6.07) is 4.56. The standard InChI is InChI=1S/C7H6N2O2/c1-2-6-4-3-5-7(8-6)9(10)11/h2-5H,1H2. The molecule has 4 heteroatoms. The second kappa shape index (κ2) is 2.92. The third-order valence-corrected chi connectivity index (χ3v) is 1.15. The molecular weight excluding hydrogens is 144 g/mol. The van der Waals surface area contributed by atoms with E-state index < -0.39 is 4.92 Å². The highest BCUT2D eigenvalue weighted by Gasteiger charge is 2.05. The van der Waals surface area contributed by atoms with E-state index in [0.717, 1.165) is 0 Å². The van der Waals surface area contributed by atoms with Crippen LogP contribution in [-0.4, -0.2) is 9.91 Å². The van der Waals surface area contributed by atoms with Gasteiger partial charge in [-0.2, -0.15) is 0 Å². The van der Waals surface area contributed by atoms with E-state index in [9.17, 15) is 10.1 Å². The molecule has 0 bridgehead atoms. The van der Waals surface area contributed by atoms with Crippen molar-refractivity contribution in [3.8, 4) is 0 Å². The largest absolute Gasteiger partial charge is 0.364 e. The molecule has 4 nitrogen and oxygen atoms in total. The number of pyridine rings is 1. The Morgan fingerprint density at radius 1 is 1.64 bits per heavy atom. The van der Waals surface area contributed by atoms with Crippen molar-refractivity contribution in [2.24, 2.45) is 0 Å². The zero-order valence-corrected chi connectivity index (χ0v) is 5.73. The zero-order chi connectivity index (χ0) is 8.27. The van der Waals surface area contributed by atoms with Crippen LogP contribution >= 0.6 is 0 Å². The number of nitro groups is 1. The van der Waals surface area contributed by atoms with Crippen molar-refractivity contribution < 1.29 is 4.92 Å². The van der Waals surface area contributed by atoms with Crippen LogP contribution in [0.4, 0.5) is 5.82 Å². The lowest BCUT2D eigenvalue weighted by molar-refractivity contribution is -0.389. The fourth-order valence-electron chi connectivity index (χ4n) is 0.655. The van der Waals surface area contributed by atoms with Crippen LogP contribution in [0.1, 0.15) is 5.69 Å². The lowest BCUT2D eigenvalue weighted by Gasteiger charge is -1.90. The lowest BCUT2D eigenvalue weighted by Crippen LogP contribution is -1.92. The summed E-state index contributed by atoms with van der Waals surface area (Å²) >= 11 is 0. The highest BCUT2D eigenvalue weighted by atomic mass is 16.6. The van der Waals surface area contributed by atoms with Crippen molar-refractivity contribution in [1.29, 1.82) is 0 Å². The van der Waals surface area contributed by atoms with Crippen LogP contribution in [0, 0.1) is 10.1 Å². The molecule has 0 aliphatic carbocycles. The van der Waals surface area contributed by atoms with E-state index >= 15 is 0 Å². The maximum Gasteiger partial charge on any atom is 0.364 e. The van der Waals surface area contributed by atoms with Crippen molar-refractivity contribution in [3.05, 3.63) is 40.6 Å². The third-order valence-electron chi connectivity index (χ3n) is 1.15. The van der Waals surface area contributed by atoms with Gasteiger partial charge in [-0.1, -0.05) is 6.58 Å². The van der Waals surface area contributed by atoms with E-state index in [2.05, 4.69) is 11.6 Å². The number of hydrogen-bond acceptors (Lipinski definition) is 3. The molecule has 0 saturated heterocycles. The molecule has 0 atom stereocenters. The van der Waals surface area contributed by atoms with Crippen LogP contribution < -0.4 is 0 Å². The molecule has 0 unspecified atom stereocenters. The second-order valence-electron chi connectivity index (χ2n) is 1.88. The van der Waals surface area contributed by atoms with Gasteiger partial charge in [0.25, 0.3) is 0 Å².